The molecular formula is C39H40N2O3Si. The predicted molar refractivity (Wildman–Crippen MR) is 183 cm³/mol. The first kappa shape index (κ1) is 29.6. The Morgan fingerprint density at radius 1 is 0.822 bits per heavy atom. The molecule has 0 atom stereocenters. The molecule has 4 aromatic rings. The molecule has 0 spiro atoms. The van der Waals surface area contributed by atoms with Gasteiger partial charge in [0.15, 0.2) is 5.71 Å². The third-order valence-corrected chi connectivity index (χ3v) is 12.5. The van der Waals surface area contributed by atoms with Crippen molar-refractivity contribution in [3.05, 3.63) is 118 Å². The number of fused-ring (bicyclic) bond motifs is 3. The zero-order valence-electron chi connectivity index (χ0n) is 26.8. The fourth-order valence-electron chi connectivity index (χ4n) is 7.33. The minimum Gasteiger partial charge on any atom is -0.429 e. The summed E-state index contributed by atoms with van der Waals surface area (Å²) in [5.74, 6) is -0.910. The monoisotopic (exact) mass is 612 g/mol. The smallest absolute Gasteiger partial charge is 0.359 e. The van der Waals surface area contributed by atoms with Crippen LogP contribution in [-0.2, 0) is 14.0 Å². The molecule has 3 aliphatic rings. The quantitative estimate of drug-likeness (QED) is 0.138. The zero-order valence-corrected chi connectivity index (χ0v) is 27.9. The summed E-state index contributed by atoms with van der Waals surface area (Å²) >= 11 is 0. The van der Waals surface area contributed by atoms with Gasteiger partial charge in [-0.05, 0) is 71.7 Å². The Morgan fingerprint density at radius 2 is 1.42 bits per heavy atom. The van der Waals surface area contributed by atoms with E-state index in [0.717, 1.165) is 56.4 Å². The lowest BCUT2D eigenvalue weighted by Gasteiger charge is -2.44. The summed E-state index contributed by atoms with van der Waals surface area (Å²) in [5.41, 5.74) is 4.17. The van der Waals surface area contributed by atoms with Crippen LogP contribution in [0.5, 0.6) is 0 Å². The van der Waals surface area contributed by atoms with Crippen molar-refractivity contribution in [2.45, 2.75) is 66.1 Å². The maximum absolute atomic E-state index is 14.2. The SMILES string of the molecule is CC1=c2c(cc3c(c2C)N=c2ccccc2=3)N=C1C(=O)OC1(O[SiH](c2ccccc2)c2ccccc2)CCC(C(C)(C)C)CC1. The van der Waals surface area contributed by atoms with Crippen molar-refractivity contribution >= 4 is 48.0 Å². The first-order valence-electron chi connectivity index (χ1n) is 16.1. The summed E-state index contributed by atoms with van der Waals surface area (Å²) < 4.78 is 13.8. The van der Waals surface area contributed by atoms with Crippen molar-refractivity contribution in [1.29, 1.82) is 0 Å². The van der Waals surface area contributed by atoms with Crippen LogP contribution >= 0.6 is 0 Å². The second-order valence-corrected chi connectivity index (χ2v) is 16.1. The molecule has 2 heterocycles. The number of aliphatic imine (C=N–C) groups is 1. The van der Waals surface area contributed by atoms with Gasteiger partial charge in [0.25, 0.3) is 0 Å². The van der Waals surface area contributed by atoms with Crippen molar-refractivity contribution in [2.24, 2.45) is 21.3 Å². The van der Waals surface area contributed by atoms with Crippen LogP contribution in [-0.4, -0.2) is 26.5 Å². The molecule has 1 aliphatic carbocycles. The van der Waals surface area contributed by atoms with Crippen LogP contribution in [0.25, 0.3) is 5.57 Å². The van der Waals surface area contributed by atoms with Crippen LogP contribution in [0, 0.1) is 28.7 Å². The summed E-state index contributed by atoms with van der Waals surface area (Å²) in [5, 5.41) is 6.45. The topological polar surface area (TPSA) is 60.2 Å². The highest BCUT2D eigenvalue weighted by atomic mass is 28.3. The van der Waals surface area contributed by atoms with E-state index in [-0.39, 0.29) is 5.41 Å². The maximum Gasteiger partial charge on any atom is 0.359 e. The second kappa shape index (κ2) is 11.3. The molecule has 5 nitrogen and oxygen atoms in total. The molecular weight excluding hydrogens is 573 g/mol. The zero-order chi connectivity index (χ0) is 31.3. The minimum absolute atomic E-state index is 0.176. The van der Waals surface area contributed by atoms with Crippen molar-refractivity contribution in [2.75, 3.05) is 0 Å². The third-order valence-electron chi connectivity index (χ3n) is 9.89. The Bertz CT molecular complexity index is 2000. The second-order valence-electron chi connectivity index (χ2n) is 13.8. The van der Waals surface area contributed by atoms with Crippen molar-refractivity contribution in [3.63, 3.8) is 0 Å². The summed E-state index contributed by atoms with van der Waals surface area (Å²) in [6.45, 7) is 11.0. The van der Waals surface area contributed by atoms with Crippen molar-refractivity contribution in [3.8, 4) is 0 Å². The Kier molecular flexibility index (Phi) is 7.45. The Morgan fingerprint density at radius 3 is 2.04 bits per heavy atom. The largest absolute Gasteiger partial charge is 0.429 e. The fourth-order valence-corrected chi connectivity index (χ4v) is 9.84. The summed E-state index contributed by atoms with van der Waals surface area (Å²) in [7, 11) is -2.21. The van der Waals surface area contributed by atoms with Crippen molar-refractivity contribution < 1.29 is 14.0 Å². The van der Waals surface area contributed by atoms with Gasteiger partial charge in [0.05, 0.1) is 16.7 Å². The highest BCUT2D eigenvalue weighted by Crippen LogP contribution is 2.44. The van der Waals surface area contributed by atoms with E-state index in [4.69, 9.17) is 19.1 Å². The highest BCUT2D eigenvalue weighted by Gasteiger charge is 2.45. The lowest BCUT2D eigenvalue weighted by atomic mass is 9.71. The van der Waals surface area contributed by atoms with Crippen LogP contribution in [0.4, 0.5) is 11.4 Å². The average molecular weight is 613 g/mol. The number of nitrogens with zero attached hydrogens (tertiary/aromatic N) is 2. The number of hydrogen-bond acceptors (Lipinski definition) is 5. The van der Waals surface area contributed by atoms with E-state index in [9.17, 15) is 4.79 Å². The number of carbonyl (C=O) groups is 1. The van der Waals surface area contributed by atoms with E-state index < -0.39 is 20.8 Å². The molecule has 45 heavy (non-hydrogen) atoms. The van der Waals surface area contributed by atoms with E-state index >= 15 is 0 Å². The number of benzene rings is 4. The van der Waals surface area contributed by atoms with Crippen LogP contribution in [0.2, 0.25) is 0 Å². The minimum atomic E-state index is -2.21. The molecule has 4 aromatic carbocycles. The van der Waals surface area contributed by atoms with Gasteiger partial charge in [-0.3, -0.25) is 0 Å². The first-order chi connectivity index (χ1) is 21.6. The summed E-state index contributed by atoms with van der Waals surface area (Å²) in [6.07, 6.45) is 3.19. The molecule has 6 heteroatoms. The molecule has 2 aliphatic heterocycles. The third kappa shape index (κ3) is 5.40. The van der Waals surface area contributed by atoms with Gasteiger partial charge in [0, 0.05) is 28.5 Å². The Hall–Kier alpha value is -4.13. The lowest BCUT2D eigenvalue weighted by Crippen LogP contribution is -2.55. The van der Waals surface area contributed by atoms with E-state index in [1.165, 1.54) is 10.4 Å². The van der Waals surface area contributed by atoms with E-state index in [1.807, 2.05) is 37.3 Å². The van der Waals surface area contributed by atoms with E-state index in [1.54, 1.807) is 0 Å². The van der Waals surface area contributed by atoms with Gasteiger partial charge in [0.1, 0.15) is 0 Å². The molecule has 7 rings (SSSR count). The number of ether oxygens (including phenoxy) is 1. The number of carbonyl (C=O) groups excluding carboxylic acids is 1. The summed E-state index contributed by atoms with van der Waals surface area (Å²) in [4.78, 5) is 24.1. The molecule has 228 valence electrons. The average Bonchev–Trinajstić information content (AvgIpc) is 3.59. The van der Waals surface area contributed by atoms with E-state index in [0.29, 0.717) is 24.5 Å². The maximum atomic E-state index is 14.2. The van der Waals surface area contributed by atoms with Crippen LogP contribution < -0.4 is 20.9 Å². The first-order valence-corrected chi connectivity index (χ1v) is 17.7. The van der Waals surface area contributed by atoms with Gasteiger partial charge >= 0.3 is 5.97 Å². The number of rotatable bonds is 6. The normalized spacial score (nSPS) is 20.3. The molecule has 0 saturated heterocycles. The van der Waals surface area contributed by atoms with Crippen LogP contribution in [0.1, 0.15) is 58.9 Å². The summed E-state index contributed by atoms with van der Waals surface area (Å²) in [6, 6.07) is 31.1. The van der Waals surface area contributed by atoms with Gasteiger partial charge in [-0.2, -0.15) is 0 Å². The number of esters is 1. The fraction of sp³-hybridized carbons (Fsp3) is 0.308. The van der Waals surface area contributed by atoms with E-state index in [2.05, 4.69) is 88.4 Å². The molecule has 0 aromatic heterocycles. The molecule has 1 saturated carbocycles. The standard InChI is InChI=1S/C39H40N2O3Si/c1-25-34-26(2)36(41-33(34)24-31-30-18-12-13-19-32(30)40-35(25)31)37(42)43-39(22-20-27(21-23-39)38(3,4)5)44-45(28-14-8-6-9-15-28)29-16-10-7-11-17-29/h6-19,24,27,45H,20-23H2,1-5H3. The molecule has 0 unspecified atom stereocenters. The lowest BCUT2D eigenvalue weighted by molar-refractivity contribution is -0.207. The molecule has 0 bridgehead atoms. The Labute approximate surface area is 266 Å². The van der Waals surface area contributed by atoms with Crippen LogP contribution in [0.15, 0.2) is 101 Å². The van der Waals surface area contributed by atoms with Crippen molar-refractivity contribution in [1.82, 2.24) is 0 Å². The molecule has 0 N–H and O–H groups in total. The molecule has 0 amide bonds. The Balaban J connectivity index is 1.26. The van der Waals surface area contributed by atoms with Gasteiger partial charge < -0.3 is 9.16 Å². The predicted octanol–water partition coefficient (Wildman–Crippen LogP) is 5.83. The van der Waals surface area contributed by atoms with Crippen LogP contribution in [0.3, 0.4) is 0 Å². The molecule has 0 radical (unpaired) electrons. The van der Waals surface area contributed by atoms with Gasteiger partial charge in [0.2, 0.25) is 14.8 Å². The highest BCUT2D eigenvalue weighted by molar-refractivity contribution is 6.80. The number of hydrogen-bond donors (Lipinski definition) is 0. The van der Waals surface area contributed by atoms with Gasteiger partial charge in [-0.1, -0.05) is 99.6 Å². The van der Waals surface area contributed by atoms with Gasteiger partial charge in [-0.25, -0.2) is 14.8 Å². The van der Waals surface area contributed by atoms with Gasteiger partial charge in [-0.15, -0.1) is 0 Å². The number of para-hydroxylation sites is 1. The molecule has 1 fully saturated rings.